The van der Waals surface area contributed by atoms with Crippen LogP contribution in [0.2, 0.25) is 0 Å². The van der Waals surface area contributed by atoms with Gasteiger partial charge in [0.05, 0.1) is 27.4 Å². The Bertz CT molecular complexity index is 435. The van der Waals surface area contributed by atoms with Gasteiger partial charge in [-0.05, 0) is 37.5 Å². The highest BCUT2D eigenvalue weighted by Crippen LogP contribution is 2.30. The normalized spacial score (nSPS) is 11.5. The zero-order valence-electron chi connectivity index (χ0n) is 15.3. The molecule has 4 nitrogen and oxygen atoms in total. The fraction of sp³-hybridized carbons (Fsp3) is 0.684. The Balaban J connectivity index is 2.81. The van der Waals surface area contributed by atoms with Gasteiger partial charge >= 0.3 is 0 Å². The minimum absolute atomic E-state index is 0.607. The average molecular weight is 324 g/mol. The molecule has 0 aliphatic heterocycles. The second-order valence-electron chi connectivity index (χ2n) is 5.90. The van der Waals surface area contributed by atoms with Gasteiger partial charge in [-0.25, -0.2) is 0 Å². The van der Waals surface area contributed by atoms with Crippen LogP contribution < -0.4 is 9.47 Å². The maximum Gasteiger partial charge on any atom is 0.169 e. The molecule has 0 aromatic heterocycles. The molecule has 0 amide bonds. The van der Waals surface area contributed by atoms with E-state index in [9.17, 15) is 0 Å². The number of methoxy groups -OCH3 is 2. The van der Waals surface area contributed by atoms with Gasteiger partial charge in [0.25, 0.3) is 0 Å². The van der Waals surface area contributed by atoms with Crippen LogP contribution in [0, 0.1) is 0 Å². The smallest absolute Gasteiger partial charge is 0.169 e. The molecular formula is C19H32O4. The molecule has 0 spiro atoms. The van der Waals surface area contributed by atoms with Crippen molar-refractivity contribution in [3.05, 3.63) is 23.8 Å². The lowest BCUT2D eigenvalue weighted by Crippen LogP contribution is -2.36. The SMILES string of the molecule is CCCCOC(C)(Cc1ccc(OC)c(OC)c1)OCCCC. The van der Waals surface area contributed by atoms with Crippen molar-refractivity contribution in [3.8, 4) is 11.5 Å². The third-order valence-electron chi connectivity index (χ3n) is 3.78. The third-order valence-corrected chi connectivity index (χ3v) is 3.78. The van der Waals surface area contributed by atoms with Crippen molar-refractivity contribution in [2.45, 2.75) is 58.7 Å². The molecule has 0 saturated carbocycles. The van der Waals surface area contributed by atoms with Crippen molar-refractivity contribution in [1.29, 1.82) is 0 Å². The van der Waals surface area contributed by atoms with Crippen LogP contribution in [-0.2, 0) is 15.9 Å². The lowest BCUT2D eigenvalue weighted by Gasteiger charge is -2.30. The Morgan fingerprint density at radius 3 is 1.91 bits per heavy atom. The molecule has 0 aliphatic rings. The summed E-state index contributed by atoms with van der Waals surface area (Å²) in [6.07, 6.45) is 4.99. The van der Waals surface area contributed by atoms with E-state index < -0.39 is 5.79 Å². The van der Waals surface area contributed by atoms with Crippen LogP contribution >= 0.6 is 0 Å². The first-order valence-electron chi connectivity index (χ1n) is 8.57. The molecule has 0 aliphatic carbocycles. The molecular weight excluding hydrogens is 292 g/mol. The largest absolute Gasteiger partial charge is 0.493 e. The number of unbranched alkanes of at least 4 members (excludes halogenated alkanes) is 2. The lowest BCUT2D eigenvalue weighted by atomic mass is 10.1. The van der Waals surface area contributed by atoms with Crippen LogP contribution in [0.1, 0.15) is 52.0 Å². The highest BCUT2D eigenvalue weighted by atomic mass is 16.7. The predicted octanol–water partition coefficient (Wildman–Crippen LogP) is 4.60. The van der Waals surface area contributed by atoms with Gasteiger partial charge in [0, 0.05) is 6.42 Å². The molecule has 0 radical (unpaired) electrons. The molecule has 0 atom stereocenters. The fourth-order valence-electron chi connectivity index (χ4n) is 2.37. The molecule has 0 unspecified atom stereocenters. The first-order valence-corrected chi connectivity index (χ1v) is 8.57. The Kier molecular flexibility index (Phi) is 9.03. The summed E-state index contributed by atoms with van der Waals surface area (Å²) >= 11 is 0. The summed E-state index contributed by atoms with van der Waals surface area (Å²) in [6.45, 7) is 7.77. The molecule has 1 aromatic carbocycles. The first-order chi connectivity index (χ1) is 11.1. The fourth-order valence-corrected chi connectivity index (χ4v) is 2.37. The summed E-state index contributed by atoms with van der Waals surface area (Å²) in [4.78, 5) is 0. The van der Waals surface area contributed by atoms with E-state index in [2.05, 4.69) is 13.8 Å². The van der Waals surface area contributed by atoms with Gasteiger partial charge in [-0.2, -0.15) is 0 Å². The monoisotopic (exact) mass is 324 g/mol. The molecule has 23 heavy (non-hydrogen) atoms. The van der Waals surface area contributed by atoms with E-state index in [0.717, 1.165) is 42.7 Å². The summed E-state index contributed by atoms with van der Waals surface area (Å²) in [6, 6.07) is 5.95. The number of benzene rings is 1. The van der Waals surface area contributed by atoms with Crippen molar-refractivity contribution >= 4 is 0 Å². The topological polar surface area (TPSA) is 36.9 Å². The van der Waals surface area contributed by atoms with Crippen LogP contribution in [0.15, 0.2) is 18.2 Å². The van der Waals surface area contributed by atoms with Gasteiger partial charge in [0.15, 0.2) is 17.3 Å². The van der Waals surface area contributed by atoms with Crippen molar-refractivity contribution < 1.29 is 18.9 Å². The van der Waals surface area contributed by atoms with Crippen molar-refractivity contribution in [3.63, 3.8) is 0 Å². The van der Waals surface area contributed by atoms with Crippen LogP contribution in [0.4, 0.5) is 0 Å². The van der Waals surface area contributed by atoms with E-state index >= 15 is 0 Å². The van der Waals surface area contributed by atoms with Gasteiger partial charge in [-0.3, -0.25) is 0 Å². The highest BCUT2D eigenvalue weighted by Gasteiger charge is 2.26. The molecule has 0 N–H and O–H groups in total. The number of hydrogen-bond donors (Lipinski definition) is 0. The second kappa shape index (κ2) is 10.5. The van der Waals surface area contributed by atoms with Crippen LogP contribution in [-0.4, -0.2) is 33.2 Å². The third kappa shape index (κ3) is 6.80. The Morgan fingerprint density at radius 1 is 0.870 bits per heavy atom. The van der Waals surface area contributed by atoms with E-state index in [1.165, 1.54) is 0 Å². The second-order valence-corrected chi connectivity index (χ2v) is 5.90. The van der Waals surface area contributed by atoms with Crippen LogP contribution in [0.5, 0.6) is 11.5 Å². The predicted molar refractivity (Wildman–Crippen MR) is 93.4 cm³/mol. The summed E-state index contributed by atoms with van der Waals surface area (Å²) in [7, 11) is 3.29. The highest BCUT2D eigenvalue weighted by molar-refractivity contribution is 5.43. The minimum Gasteiger partial charge on any atom is -0.493 e. The molecule has 0 fully saturated rings. The van der Waals surface area contributed by atoms with E-state index in [4.69, 9.17) is 18.9 Å². The van der Waals surface area contributed by atoms with Crippen molar-refractivity contribution in [2.75, 3.05) is 27.4 Å². The Morgan fingerprint density at radius 2 is 1.43 bits per heavy atom. The molecule has 132 valence electrons. The van der Waals surface area contributed by atoms with Crippen LogP contribution in [0.25, 0.3) is 0 Å². The quantitative estimate of drug-likeness (QED) is 0.416. The van der Waals surface area contributed by atoms with Gasteiger partial charge in [0.2, 0.25) is 0 Å². The van der Waals surface area contributed by atoms with Crippen molar-refractivity contribution in [2.24, 2.45) is 0 Å². The minimum atomic E-state index is -0.607. The maximum atomic E-state index is 6.06. The number of ether oxygens (including phenoxy) is 4. The summed E-state index contributed by atoms with van der Waals surface area (Å²) in [5.74, 6) is 0.857. The lowest BCUT2D eigenvalue weighted by molar-refractivity contribution is -0.225. The molecule has 1 aromatic rings. The zero-order valence-corrected chi connectivity index (χ0v) is 15.3. The summed E-state index contributed by atoms with van der Waals surface area (Å²) in [5.41, 5.74) is 1.11. The summed E-state index contributed by atoms with van der Waals surface area (Å²) in [5, 5.41) is 0. The molecule has 4 heteroatoms. The van der Waals surface area contributed by atoms with E-state index in [1.807, 2.05) is 25.1 Å². The average Bonchev–Trinajstić information content (AvgIpc) is 2.55. The van der Waals surface area contributed by atoms with E-state index in [1.54, 1.807) is 14.2 Å². The Labute approximate surface area is 141 Å². The van der Waals surface area contributed by atoms with E-state index in [0.29, 0.717) is 19.6 Å². The summed E-state index contributed by atoms with van der Waals surface area (Å²) < 4.78 is 22.8. The van der Waals surface area contributed by atoms with Gasteiger partial charge in [0.1, 0.15) is 0 Å². The van der Waals surface area contributed by atoms with Gasteiger partial charge in [-0.1, -0.05) is 32.8 Å². The van der Waals surface area contributed by atoms with Crippen molar-refractivity contribution in [1.82, 2.24) is 0 Å². The van der Waals surface area contributed by atoms with Gasteiger partial charge < -0.3 is 18.9 Å². The first kappa shape index (κ1) is 19.8. The van der Waals surface area contributed by atoms with E-state index in [-0.39, 0.29) is 0 Å². The molecule has 0 saturated heterocycles. The van der Waals surface area contributed by atoms with Gasteiger partial charge in [-0.15, -0.1) is 0 Å². The number of rotatable bonds is 12. The molecule has 0 bridgehead atoms. The number of hydrogen-bond acceptors (Lipinski definition) is 4. The standard InChI is InChI=1S/C19H32O4/c1-6-8-12-22-19(3,23-13-9-7-2)15-16-10-11-17(20-4)18(14-16)21-5/h10-11,14H,6-9,12-13,15H2,1-5H3. The Hall–Kier alpha value is -1.26. The zero-order chi connectivity index (χ0) is 17.1. The molecule has 0 heterocycles. The van der Waals surface area contributed by atoms with Crippen LogP contribution in [0.3, 0.4) is 0 Å². The maximum absolute atomic E-state index is 6.06. The molecule has 1 rings (SSSR count).